The maximum Gasteiger partial charge on any atom is 0.255 e. The molecule has 1 aromatic rings. The SMILES string of the molecule is CC(=O)N1CCN(C(=O)c2ccc(=O)n(C)c2)C[C@@H](C(N)=O)C1. The summed E-state index contributed by atoms with van der Waals surface area (Å²) >= 11 is 0. The molecule has 0 radical (unpaired) electrons. The maximum atomic E-state index is 12.6. The zero-order valence-electron chi connectivity index (χ0n) is 13.2. The van der Waals surface area contributed by atoms with Crippen LogP contribution in [0.4, 0.5) is 0 Å². The Balaban J connectivity index is 2.24. The van der Waals surface area contributed by atoms with E-state index in [2.05, 4.69) is 0 Å². The molecule has 0 aromatic carbocycles. The lowest BCUT2D eigenvalue weighted by Gasteiger charge is -2.22. The van der Waals surface area contributed by atoms with Crippen molar-refractivity contribution in [3.05, 3.63) is 34.2 Å². The van der Waals surface area contributed by atoms with E-state index in [4.69, 9.17) is 5.73 Å². The third-order valence-corrected chi connectivity index (χ3v) is 3.99. The van der Waals surface area contributed by atoms with Gasteiger partial charge >= 0.3 is 0 Å². The van der Waals surface area contributed by atoms with Gasteiger partial charge in [0.05, 0.1) is 11.5 Å². The van der Waals surface area contributed by atoms with Gasteiger partial charge in [-0.05, 0) is 6.07 Å². The van der Waals surface area contributed by atoms with E-state index in [1.165, 1.54) is 39.6 Å². The van der Waals surface area contributed by atoms with Crippen molar-refractivity contribution in [3.63, 3.8) is 0 Å². The van der Waals surface area contributed by atoms with Gasteiger partial charge in [-0.2, -0.15) is 0 Å². The highest BCUT2D eigenvalue weighted by Gasteiger charge is 2.30. The normalized spacial score (nSPS) is 18.4. The molecule has 3 amide bonds. The van der Waals surface area contributed by atoms with Crippen LogP contribution >= 0.6 is 0 Å². The Labute approximate surface area is 133 Å². The highest BCUT2D eigenvalue weighted by Crippen LogP contribution is 2.13. The van der Waals surface area contributed by atoms with Crippen LogP contribution in [0.1, 0.15) is 17.3 Å². The number of hydrogen-bond acceptors (Lipinski definition) is 4. The van der Waals surface area contributed by atoms with Crippen molar-refractivity contribution in [2.75, 3.05) is 26.2 Å². The molecule has 1 aromatic heterocycles. The molecule has 0 aliphatic carbocycles. The molecule has 124 valence electrons. The van der Waals surface area contributed by atoms with Crippen molar-refractivity contribution in [1.29, 1.82) is 0 Å². The lowest BCUT2D eigenvalue weighted by molar-refractivity contribution is -0.130. The second kappa shape index (κ2) is 6.64. The van der Waals surface area contributed by atoms with Crippen LogP contribution in [0.2, 0.25) is 0 Å². The van der Waals surface area contributed by atoms with Crippen LogP contribution in [0.15, 0.2) is 23.1 Å². The summed E-state index contributed by atoms with van der Waals surface area (Å²) in [6, 6.07) is 2.77. The molecule has 8 heteroatoms. The highest BCUT2D eigenvalue weighted by atomic mass is 16.2. The molecule has 1 aliphatic heterocycles. The summed E-state index contributed by atoms with van der Waals surface area (Å²) in [5, 5.41) is 0. The van der Waals surface area contributed by atoms with Crippen LogP contribution in [0.5, 0.6) is 0 Å². The summed E-state index contributed by atoms with van der Waals surface area (Å²) in [6.07, 6.45) is 1.46. The van der Waals surface area contributed by atoms with E-state index < -0.39 is 11.8 Å². The average molecular weight is 320 g/mol. The van der Waals surface area contributed by atoms with Gasteiger partial charge in [-0.1, -0.05) is 0 Å². The highest BCUT2D eigenvalue weighted by molar-refractivity contribution is 5.94. The van der Waals surface area contributed by atoms with Crippen LogP contribution in [-0.4, -0.2) is 58.3 Å². The molecule has 0 unspecified atom stereocenters. The van der Waals surface area contributed by atoms with Crippen molar-refractivity contribution in [2.24, 2.45) is 18.7 Å². The maximum absolute atomic E-state index is 12.6. The minimum Gasteiger partial charge on any atom is -0.369 e. The number of amides is 3. The number of rotatable bonds is 2. The number of aryl methyl sites for hydroxylation is 1. The van der Waals surface area contributed by atoms with Gasteiger partial charge in [-0.25, -0.2) is 0 Å². The Hall–Kier alpha value is -2.64. The quantitative estimate of drug-likeness (QED) is 0.738. The summed E-state index contributed by atoms with van der Waals surface area (Å²) in [5.74, 6) is -1.61. The van der Waals surface area contributed by atoms with E-state index in [1.54, 1.807) is 7.05 Å². The molecule has 1 aliphatic rings. The molecule has 23 heavy (non-hydrogen) atoms. The molecule has 8 nitrogen and oxygen atoms in total. The fourth-order valence-corrected chi connectivity index (χ4v) is 2.57. The molecular weight excluding hydrogens is 300 g/mol. The smallest absolute Gasteiger partial charge is 0.255 e. The number of primary amides is 1. The van der Waals surface area contributed by atoms with Gasteiger partial charge in [0.1, 0.15) is 0 Å². The van der Waals surface area contributed by atoms with Gasteiger partial charge in [0.25, 0.3) is 5.91 Å². The third-order valence-electron chi connectivity index (χ3n) is 3.99. The molecule has 1 saturated heterocycles. The summed E-state index contributed by atoms with van der Waals surface area (Å²) in [7, 11) is 1.56. The van der Waals surface area contributed by atoms with Crippen LogP contribution in [0.3, 0.4) is 0 Å². The van der Waals surface area contributed by atoms with Gasteiger partial charge in [0, 0.05) is 52.4 Å². The van der Waals surface area contributed by atoms with Crippen molar-refractivity contribution < 1.29 is 14.4 Å². The van der Waals surface area contributed by atoms with E-state index in [0.717, 1.165) is 0 Å². The first-order valence-corrected chi connectivity index (χ1v) is 7.30. The Morgan fingerprint density at radius 1 is 1.13 bits per heavy atom. The van der Waals surface area contributed by atoms with Gasteiger partial charge in [-0.15, -0.1) is 0 Å². The monoisotopic (exact) mass is 320 g/mol. The number of nitrogens with two attached hydrogens (primary N) is 1. The Kier molecular flexibility index (Phi) is 4.83. The third kappa shape index (κ3) is 3.77. The predicted octanol–water partition coefficient (Wildman–Crippen LogP) is -1.21. The largest absolute Gasteiger partial charge is 0.369 e. The van der Waals surface area contributed by atoms with Crippen molar-refractivity contribution in [1.82, 2.24) is 14.4 Å². The van der Waals surface area contributed by atoms with Crippen molar-refractivity contribution >= 4 is 17.7 Å². The molecule has 1 fully saturated rings. The molecule has 2 heterocycles. The van der Waals surface area contributed by atoms with Crippen molar-refractivity contribution in [2.45, 2.75) is 6.92 Å². The summed E-state index contributed by atoms with van der Waals surface area (Å²) in [5.41, 5.74) is 5.52. The van der Waals surface area contributed by atoms with E-state index in [0.29, 0.717) is 18.7 Å². The fraction of sp³-hybridized carbons (Fsp3) is 0.467. The predicted molar refractivity (Wildman–Crippen MR) is 82.5 cm³/mol. The first kappa shape index (κ1) is 16.7. The Morgan fingerprint density at radius 3 is 2.30 bits per heavy atom. The first-order valence-electron chi connectivity index (χ1n) is 7.30. The van der Waals surface area contributed by atoms with Gasteiger partial charge in [0.2, 0.25) is 17.4 Å². The molecule has 0 saturated carbocycles. The van der Waals surface area contributed by atoms with E-state index >= 15 is 0 Å². The molecule has 0 spiro atoms. The van der Waals surface area contributed by atoms with E-state index in [1.807, 2.05) is 0 Å². The minimum absolute atomic E-state index is 0.154. The van der Waals surface area contributed by atoms with Gasteiger partial charge < -0.3 is 20.1 Å². The molecular formula is C15H20N4O4. The summed E-state index contributed by atoms with van der Waals surface area (Å²) in [4.78, 5) is 50.2. The number of carbonyl (C=O) groups is 3. The van der Waals surface area contributed by atoms with E-state index in [9.17, 15) is 19.2 Å². The zero-order valence-corrected chi connectivity index (χ0v) is 13.2. The van der Waals surface area contributed by atoms with E-state index in [-0.39, 0.29) is 30.5 Å². The Morgan fingerprint density at radius 2 is 1.74 bits per heavy atom. The van der Waals surface area contributed by atoms with Gasteiger partial charge in [-0.3, -0.25) is 19.2 Å². The summed E-state index contributed by atoms with van der Waals surface area (Å²) < 4.78 is 1.32. The lowest BCUT2D eigenvalue weighted by Crippen LogP contribution is -2.41. The second-order valence-corrected chi connectivity index (χ2v) is 5.68. The van der Waals surface area contributed by atoms with Crippen LogP contribution in [-0.2, 0) is 16.6 Å². The average Bonchev–Trinajstić information content (AvgIpc) is 2.72. The number of carbonyl (C=O) groups excluding carboxylic acids is 3. The van der Waals surface area contributed by atoms with Crippen LogP contribution in [0, 0.1) is 5.92 Å². The fourth-order valence-electron chi connectivity index (χ4n) is 2.57. The molecule has 1 atom stereocenters. The number of aromatic nitrogens is 1. The number of nitrogens with zero attached hydrogens (tertiary/aromatic N) is 3. The number of hydrogen-bond donors (Lipinski definition) is 1. The Bertz CT molecular complexity index is 697. The standard InChI is InChI=1S/C15H20N4O4/c1-10(20)18-5-6-19(9-12(8-18)14(16)22)15(23)11-3-4-13(21)17(2)7-11/h3-4,7,12H,5-6,8-9H2,1-2H3,(H2,16,22)/t12-/m0/s1. The molecule has 2 N–H and O–H groups in total. The van der Waals surface area contributed by atoms with Crippen LogP contribution < -0.4 is 11.3 Å². The minimum atomic E-state index is -0.613. The zero-order chi connectivity index (χ0) is 17.1. The topological polar surface area (TPSA) is 106 Å². The van der Waals surface area contributed by atoms with Crippen molar-refractivity contribution in [3.8, 4) is 0 Å². The molecule has 0 bridgehead atoms. The first-order chi connectivity index (χ1) is 10.8. The molecule has 2 rings (SSSR count). The van der Waals surface area contributed by atoms with Crippen LogP contribution in [0.25, 0.3) is 0 Å². The number of pyridine rings is 1. The lowest BCUT2D eigenvalue weighted by atomic mass is 10.1. The second-order valence-electron chi connectivity index (χ2n) is 5.68. The summed E-state index contributed by atoms with van der Waals surface area (Å²) in [6.45, 7) is 2.44. The van der Waals surface area contributed by atoms with Gasteiger partial charge in [0.15, 0.2) is 0 Å².